The van der Waals surface area contributed by atoms with Crippen LogP contribution in [-0.2, 0) is 16.1 Å². The molecule has 0 bridgehead atoms. The summed E-state index contributed by atoms with van der Waals surface area (Å²) < 4.78 is 11.2. The predicted molar refractivity (Wildman–Crippen MR) is 75.0 cm³/mol. The highest BCUT2D eigenvalue weighted by Crippen LogP contribution is 2.18. The van der Waals surface area contributed by atoms with Gasteiger partial charge in [0.25, 0.3) is 0 Å². The molecule has 1 aromatic carbocycles. The zero-order valence-corrected chi connectivity index (χ0v) is 11.8. The van der Waals surface area contributed by atoms with Gasteiger partial charge in [0.05, 0.1) is 5.52 Å². The molecule has 0 radical (unpaired) electrons. The van der Waals surface area contributed by atoms with Gasteiger partial charge in [-0.15, -0.1) is 0 Å². The van der Waals surface area contributed by atoms with Crippen LogP contribution in [0.1, 0.15) is 6.42 Å². The number of nitrogens with zero attached hydrogens (tertiary/aromatic N) is 1. The van der Waals surface area contributed by atoms with Crippen molar-refractivity contribution in [1.82, 2.24) is 9.88 Å². The maximum atomic E-state index is 11.8. The second-order valence-electron chi connectivity index (χ2n) is 4.26. The smallest absolute Gasteiger partial charge is 0.408 e. The van der Waals surface area contributed by atoms with Crippen LogP contribution in [0, 0.1) is 0 Å². The van der Waals surface area contributed by atoms with Gasteiger partial charge >= 0.3 is 5.76 Å². The topological polar surface area (TPSA) is 73.5 Å². The molecule has 2 rings (SSSR count). The van der Waals surface area contributed by atoms with E-state index < -0.39 is 5.76 Å². The van der Waals surface area contributed by atoms with E-state index in [9.17, 15) is 9.59 Å². The molecule has 1 N–H and O–H groups in total. The molecule has 0 fully saturated rings. The molecule has 0 unspecified atom stereocenters. The number of aromatic nitrogens is 1. The standard InChI is InChI=1S/C13H15ClN2O4/c1-19-6-2-5-15-12(17)8-16-10-4-3-9(14)7-11(10)20-13(16)18/h3-4,7H,2,5-6,8H2,1H3,(H,15,17). The molecule has 0 aliphatic heterocycles. The average Bonchev–Trinajstić information content (AvgIpc) is 2.70. The molecule has 108 valence electrons. The van der Waals surface area contributed by atoms with Crippen LogP contribution < -0.4 is 11.1 Å². The second kappa shape index (κ2) is 6.58. The van der Waals surface area contributed by atoms with Gasteiger partial charge < -0.3 is 14.5 Å². The van der Waals surface area contributed by atoms with Crippen molar-refractivity contribution in [2.24, 2.45) is 0 Å². The van der Waals surface area contributed by atoms with Crippen LogP contribution in [0.3, 0.4) is 0 Å². The van der Waals surface area contributed by atoms with E-state index in [1.807, 2.05) is 0 Å². The van der Waals surface area contributed by atoms with Gasteiger partial charge in [-0.05, 0) is 18.6 Å². The number of methoxy groups -OCH3 is 1. The first-order valence-electron chi connectivity index (χ1n) is 6.16. The average molecular weight is 299 g/mol. The van der Waals surface area contributed by atoms with Crippen molar-refractivity contribution in [3.63, 3.8) is 0 Å². The maximum absolute atomic E-state index is 11.8. The Kier molecular flexibility index (Phi) is 4.81. The van der Waals surface area contributed by atoms with E-state index in [0.29, 0.717) is 29.3 Å². The molecule has 0 saturated heterocycles. The molecule has 1 amide bonds. The number of hydrogen-bond acceptors (Lipinski definition) is 4. The van der Waals surface area contributed by atoms with Gasteiger partial charge in [0, 0.05) is 31.4 Å². The SMILES string of the molecule is COCCCNC(=O)Cn1c(=O)oc2cc(Cl)ccc21. The van der Waals surface area contributed by atoms with Gasteiger partial charge in [-0.2, -0.15) is 0 Å². The van der Waals surface area contributed by atoms with Gasteiger partial charge in [0.1, 0.15) is 6.54 Å². The van der Waals surface area contributed by atoms with Crippen molar-refractivity contribution in [3.8, 4) is 0 Å². The predicted octanol–water partition coefficient (Wildman–Crippen LogP) is 1.40. The highest BCUT2D eigenvalue weighted by molar-refractivity contribution is 6.31. The van der Waals surface area contributed by atoms with Crippen molar-refractivity contribution in [2.75, 3.05) is 20.3 Å². The summed E-state index contributed by atoms with van der Waals surface area (Å²) in [5.74, 6) is -0.824. The number of carbonyl (C=O) groups is 1. The molecule has 1 heterocycles. The maximum Gasteiger partial charge on any atom is 0.420 e. The van der Waals surface area contributed by atoms with Crippen LogP contribution in [0.25, 0.3) is 11.1 Å². The van der Waals surface area contributed by atoms with Crippen LogP contribution in [0.4, 0.5) is 0 Å². The lowest BCUT2D eigenvalue weighted by atomic mass is 10.3. The molecule has 1 aromatic heterocycles. The first kappa shape index (κ1) is 14.6. The van der Waals surface area contributed by atoms with Crippen LogP contribution in [0.5, 0.6) is 0 Å². The third-order valence-electron chi connectivity index (χ3n) is 2.78. The van der Waals surface area contributed by atoms with Crippen molar-refractivity contribution in [3.05, 3.63) is 33.8 Å². The third-order valence-corrected chi connectivity index (χ3v) is 3.01. The van der Waals surface area contributed by atoms with Crippen molar-refractivity contribution in [1.29, 1.82) is 0 Å². The van der Waals surface area contributed by atoms with Gasteiger partial charge in [-0.25, -0.2) is 4.79 Å². The fourth-order valence-corrected chi connectivity index (χ4v) is 2.00. The van der Waals surface area contributed by atoms with Gasteiger partial charge in [0.2, 0.25) is 5.91 Å². The Morgan fingerprint density at radius 3 is 3.05 bits per heavy atom. The minimum atomic E-state index is -0.575. The Labute approximate surface area is 120 Å². The third kappa shape index (κ3) is 3.40. The minimum absolute atomic E-state index is 0.0829. The zero-order valence-electron chi connectivity index (χ0n) is 11.0. The number of rotatable bonds is 6. The van der Waals surface area contributed by atoms with E-state index in [1.54, 1.807) is 25.3 Å². The molecular formula is C13H15ClN2O4. The second-order valence-corrected chi connectivity index (χ2v) is 4.70. The van der Waals surface area contributed by atoms with Crippen molar-refractivity contribution in [2.45, 2.75) is 13.0 Å². The number of oxazole rings is 1. The molecule has 0 saturated carbocycles. The summed E-state index contributed by atoms with van der Waals surface area (Å²) in [6.45, 7) is 0.997. The molecule has 2 aromatic rings. The van der Waals surface area contributed by atoms with Gasteiger partial charge in [0.15, 0.2) is 5.58 Å². The molecule has 20 heavy (non-hydrogen) atoms. The van der Waals surface area contributed by atoms with E-state index >= 15 is 0 Å². The Balaban J connectivity index is 2.07. The molecule has 0 spiro atoms. The van der Waals surface area contributed by atoms with E-state index in [1.165, 1.54) is 4.57 Å². The lowest BCUT2D eigenvalue weighted by Crippen LogP contribution is -2.31. The molecule has 6 nitrogen and oxygen atoms in total. The number of fused-ring (bicyclic) bond motifs is 1. The number of ether oxygens (including phenoxy) is 1. The van der Waals surface area contributed by atoms with Crippen LogP contribution in [-0.4, -0.2) is 30.7 Å². The van der Waals surface area contributed by atoms with Crippen LogP contribution in [0.15, 0.2) is 27.4 Å². The van der Waals surface area contributed by atoms with E-state index in [0.717, 1.165) is 6.42 Å². The van der Waals surface area contributed by atoms with Crippen LogP contribution >= 0.6 is 11.6 Å². The fourth-order valence-electron chi connectivity index (χ4n) is 1.83. The zero-order chi connectivity index (χ0) is 14.5. The molecule has 0 atom stereocenters. The number of amides is 1. The summed E-state index contributed by atoms with van der Waals surface area (Å²) in [6.07, 6.45) is 0.721. The Morgan fingerprint density at radius 2 is 2.30 bits per heavy atom. The summed E-state index contributed by atoms with van der Waals surface area (Å²) in [4.78, 5) is 23.5. The molecular weight excluding hydrogens is 284 g/mol. The summed E-state index contributed by atoms with van der Waals surface area (Å²) in [7, 11) is 1.60. The Hall–Kier alpha value is -1.79. The summed E-state index contributed by atoms with van der Waals surface area (Å²) >= 11 is 5.82. The van der Waals surface area contributed by atoms with Crippen molar-refractivity contribution < 1.29 is 13.9 Å². The highest BCUT2D eigenvalue weighted by Gasteiger charge is 2.12. The quantitative estimate of drug-likeness (QED) is 0.818. The first-order chi connectivity index (χ1) is 9.61. The number of benzene rings is 1. The lowest BCUT2D eigenvalue weighted by molar-refractivity contribution is -0.121. The Bertz CT molecular complexity index is 662. The number of nitrogens with one attached hydrogen (secondary N) is 1. The number of hydrogen-bond donors (Lipinski definition) is 1. The Morgan fingerprint density at radius 1 is 1.50 bits per heavy atom. The summed E-state index contributed by atoms with van der Waals surface area (Å²) in [5.41, 5.74) is 0.918. The normalized spacial score (nSPS) is 10.9. The van der Waals surface area contributed by atoms with Gasteiger partial charge in [-0.3, -0.25) is 9.36 Å². The van der Waals surface area contributed by atoms with Gasteiger partial charge in [-0.1, -0.05) is 11.6 Å². The van der Waals surface area contributed by atoms with Crippen molar-refractivity contribution >= 4 is 28.6 Å². The lowest BCUT2D eigenvalue weighted by Gasteiger charge is -2.05. The summed E-state index contributed by atoms with van der Waals surface area (Å²) in [6, 6.07) is 4.85. The van der Waals surface area contributed by atoms with E-state index in [4.69, 9.17) is 20.8 Å². The first-order valence-corrected chi connectivity index (χ1v) is 6.54. The fraction of sp³-hybridized carbons (Fsp3) is 0.385. The molecule has 7 heteroatoms. The van der Waals surface area contributed by atoms with Crippen LogP contribution in [0.2, 0.25) is 5.02 Å². The summed E-state index contributed by atoms with van der Waals surface area (Å²) in [5, 5.41) is 3.19. The largest absolute Gasteiger partial charge is 0.420 e. The minimum Gasteiger partial charge on any atom is -0.408 e. The highest BCUT2D eigenvalue weighted by atomic mass is 35.5. The molecule has 0 aliphatic rings. The molecule has 0 aliphatic carbocycles. The number of halogens is 1. The number of carbonyl (C=O) groups excluding carboxylic acids is 1. The monoisotopic (exact) mass is 298 g/mol. The van der Waals surface area contributed by atoms with E-state index in [-0.39, 0.29) is 12.5 Å². The van der Waals surface area contributed by atoms with E-state index in [2.05, 4.69) is 5.32 Å².